The smallest absolute Gasteiger partial charge is 0.311 e. The van der Waals surface area contributed by atoms with Crippen molar-refractivity contribution in [2.45, 2.75) is 18.9 Å². The average Bonchev–Trinajstić information content (AvgIpc) is 2.63. The summed E-state index contributed by atoms with van der Waals surface area (Å²) in [5.41, 5.74) is -2.24. The second-order valence-corrected chi connectivity index (χ2v) is 6.41. The number of nitriles is 1. The predicted octanol–water partition coefficient (Wildman–Crippen LogP) is 4.60. The highest BCUT2D eigenvalue weighted by Gasteiger charge is 2.37. The van der Waals surface area contributed by atoms with E-state index in [0.717, 1.165) is 0 Å². The van der Waals surface area contributed by atoms with Crippen molar-refractivity contribution in [2.24, 2.45) is 0 Å². The van der Waals surface area contributed by atoms with Gasteiger partial charge in [-0.25, -0.2) is 0 Å². The van der Waals surface area contributed by atoms with Crippen molar-refractivity contribution < 1.29 is 19.2 Å². The van der Waals surface area contributed by atoms with Crippen molar-refractivity contribution in [3.8, 4) is 17.6 Å². The summed E-state index contributed by atoms with van der Waals surface area (Å²) < 4.78 is 10.8. The van der Waals surface area contributed by atoms with Crippen LogP contribution >= 0.6 is 23.2 Å². The van der Waals surface area contributed by atoms with Crippen molar-refractivity contribution >= 4 is 34.7 Å². The van der Waals surface area contributed by atoms with Crippen molar-refractivity contribution in [3.63, 3.8) is 0 Å². The summed E-state index contributed by atoms with van der Waals surface area (Å²) in [5.74, 6) is -0.415. The molecule has 0 aromatic heterocycles. The Morgan fingerprint density at radius 3 is 2.59 bits per heavy atom. The lowest BCUT2D eigenvalue weighted by Crippen LogP contribution is -2.40. The van der Waals surface area contributed by atoms with Gasteiger partial charge in [0.25, 0.3) is 0 Å². The van der Waals surface area contributed by atoms with Crippen molar-refractivity contribution in [2.75, 3.05) is 6.61 Å². The van der Waals surface area contributed by atoms with Crippen molar-refractivity contribution in [3.05, 3.63) is 62.6 Å². The van der Waals surface area contributed by atoms with Crippen LogP contribution in [-0.4, -0.2) is 22.9 Å². The highest BCUT2D eigenvalue weighted by atomic mass is 35.5. The summed E-state index contributed by atoms with van der Waals surface area (Å²) in [5, 5.41) is 21.2. The van der Waals surface area contributed by atoms with E-state index in [2.05, 4.69) is 0 Å². The fourth-order valence-corrected chi connectivity index (χ4v) is 2.60. The molecular formula is C18H14Cl2N2O5. The topological polar surface area (TPSA) is 102 Å². The van der Waals surface area contributed by atoms with Gasteiger partial charge in [0.2, 0.25) is 5.60 Å². The molecule has 27 heavy (non-hydrogen) atoms. The van der Waals surface area contributed by atoms with E-state index < -0.39 is 16.3 Å². The van der Waals surface area contributed by atoms with Crippen LogP contribution in [-0.2, 0) is 4.79 Å². The van der Waals surface area contributed by atoms with Crippen LogP contribution in [0.2, 0.25) is 10.0 Å². The molecule has 0 N–H and O–H groups in total. The number of Topliss-reactive ketones (excluding diaryl/α,β-unsaturated/α-hetero) is 1. The molecule has 1 atom stereocenters. The van der Waals surface area contributed by atoms with E-state index in [1.54, 1.807) is 18.2 Å². The second kappa shape index (κ2) is 8.71. The molecule has 0 radical (unpaired) electrons. The molecule has 0 saturated carbocycles. The molecule has 0 aliphatic rings. The Kier molecular flexibility index (Phi) is 6.61. The van der Waals surface area contributed by atoms with E-state index in [1.165, 1.54) is 37.3 Å². The van der Waals surface area contributed by atoms with Gasteiger partial charge in [0.05, 0.1) is 16.6 Å². The summed E-state index contributed by atoms with van der Waals surface area (Å²) in [6.45, 7) is 1.19. The van der Waals surface area contributed by atoms with Gasteiger partial charge in [0.1, 0.15) is 11.8 Å². The van der Waals surface area contributed by atoms with Gasteiger partial charge in [-0.1, -0.05) is 35.3 Å². The molecule has 0 aliphatic heterocycles. The monoisotopic (exact) mass is 408 g/mol. The zero-order chi connectivity index (χ0) is 20.0. The summed E-state index contributed by atoms with van der Waals surface area (Å²) in [6.07, 6.45) is -0.163. The van der Waals surface area contributed by atoms with Gasteiger partial charge in [0, 0.05) is 17.5 Å². The number of benzene rings is 2. The second-order valence-electron chi connectivity index (χ2n) is 5.57. The number of ether oxygens (including phenoxy) is 2. The Morgan fingerprint density at radius 2 is 1.96 bits per heavy atom. The first-order valence-corrected chi connectivity index (χ1v) is 8.47. The largest absolute Gasteiger partial charge is 0.492 e. The summed E-state index contributed by atoms with van der Waals surface area (Å²) in [4.78, 5) is 22.9. The first kappa shape index (κ1) is 20.5. The maximum Gasteiger partial charge on any atom is 0.311 e. The van der Waals surface area contributed by atoms with Gasteiger partial charge in [-0.2, -0.15) is 5.26 Å². The number of rotatable bonds is 8. The number of ketones is 1. The average molecular weight is 409 g/mol. The maximum absolute atomic E-state index is 12.5. The van der Waals surface area contributed by atoms with Crippen LogP contribution in [0.4, 0.5) is 5.69 Å². The number of hydrogen-bond acceptors (Lipinski definition) is 6. The third-order valence-corrected chi connectivity index (χ3v) is 4.13. The molecule has 0 aliphatic carbocycles. The standard InChI is InChI=1S/C18H14Cl2N2O5/c1-18(11-21,27-16-5-3-2-4-14(16)22(24)25)17(23)8-9-26-15-7-6-12(19)10-13(15)20/h2-7,10H,8-9H2,1H3. The highest BCUT2D eigenvalue weighted by molar-refractivity contribution is 6.35. The molecule has 9 heteroatoms. The van der Waals surface area contributed by atoms with E-state index >= 15 is 0 Å². The van der Waals surface area contributed by atoms with E-state index in [1.807, 2.05) is 0 Å². The molecule has 0 heterocycles. The lowest BCUT2D eigenvalue weighted by Gasteiger charge is -2.22. The lowest BCUT2D eigenvalue weighted by atomic mass is 10.00. The van der Waals surface area contributed by atoms with Crippen LogP contribution in [0.15, 0.2) is 42.5 Å². The molecule has 0 saturated heterocycles. The SMILES string of the molecule is CC(C#N)(Oc1ccccc1[N+](=O)[O-])C(=O)CCOc1ccc(Cl)cc1Cl. The van der Waals surface area contributed by atoms with Crippen LogP contribution < -0.4 is 9.47 Å². The summed E-state index contributed by atoms with van der Waals surface area (Å²) in [7, 11) is 0. The Labute approximate surface area is 165 Å². The highest BCUT2D eigenvalue weighted by Crippen LogP contribution is 2.31. The van der Waals surface area contributed by atoms with Gasteiger partial charge in [-0.05, 0) is 31.2 Å². The molecule has 140 valence electrons. The molecular weight excluding hydrogens is 395 g/mol. The van der Waals surface area contributed by atoms with E-state index in [-0.39, 0.29) is 29.5 Å². The Bertz CT molecular complexity index is 913. The van der Waals surface area contributed by atoms with Crippen LogP contribution in [0.3, 0.4) is 0 Å². The van der Waals surface area contributed by atoms with Crippen LogP contribution in [0.25, 0.3) is 0 Å². The molecule has 0 spiro atoms. The van der Waals surface area contributed by atoms with Gasteiger partial charge < -0.3 is 9.47 Å². The molecule has 7 nitrogen and oxygen atoms in total. The van der Waals surface area contributed by atoms with Gasteiger partial charge in [0.15, 0.2) is 11.5 Å². The van der Waals surface area contributed by atoms with E-state index in [4.69, 9.17) is 32.7 Å². The van der Waals surface area contributed by atoms with Gasteiger partial charge in [-0.3, -0.25) is 14.9 Å². The zero-order valence-corrected chi connectivity index (χ0v) is 15.7. The molecule has 0 amide bonds. The Morgan fingerprint density at radius 1 is 1.26 bits per heavy atom. The summed E-state index contributed by atoms with van der Waals surface area (Å²) >= 11 is 11.8. The fourth-order valence-electron chi connectivity index (χ4n) is 2.14. The number of nitro benzene ring substituents is 1. The molecule has 2 rings (SSSR count). The van der Waals surface area contributed by atoms with Gasteiger partial charge >= 0.3 is 5.69 Å². The number of halogens is 2. The number of para-hydroxylation sites is 2. The number of carbonyl (C=O) groups is 1. The molecule has 2 aromatic rings. The Hall–Kier alpha value is -2.82. The van der Waals surface area contributed by atoms with Crippen molar-refractivity contribution in [1.29, 1.82) is 5.26 Å². The zero-order valence-electron chi connectivity index (χ0n) is 14.1. The first-order valence-electron chi connectivity index (χ1n) is 7.71. The number of carbonyl (C=O) groups excluding carboxylic acids is 1. The molecule has 0 fully saturated rings. The first-order chi connectivity index (χ1) is 12.8. The van der Waals surface area contributed by atoms with Crippen LogP contribution in [0.1, 0.15) is 13.3 Å². The van der Waals surface area contributed by atoms with Crippen molar-refractivity contribution in [1.82, 2.24) is 0 Å². The Balaban J connectivity index is 2.06. The number of nitrogens with zero attached hydrogens (tertiary/aromatic N) is 2. The third kappa shape index (κ3) is 5.09. The van der Waals surface area contributed by atoms with Gasteiger partial charge in [-0.15, -0.1) is 0 Å². The molecule has 2 aromatic carbocycles. The van der Waals surface area contributed by atoms with Crippen LogP contribution in [0.5, 0.6) is 11.5 Å². The van der Waals surface area contributed by atoms with Crippen LogP contribution in [0, 0.1) is 21.4 Å². The maximum atomic E-state index is 12.5. The van der Waals surface area contributed by atoms with E-state index in [0.29, 0.717) is 10.8 Å². The minimum atomic E-state index is -1.90. The fraction of sp³-hybridized carbons (Fsp3) is 0.222. The quantitative estimate of drug-likeness (QED) is 0.466. The summed E-state index contributed by atoms with van der Waals surface area (Å²) in [6, 6.07) is 11.9. The van der Waals surface area contributed by atoms with E-state index in [9.17, 15) is 20.2 Å². The number of nitro groups is 1. The minimum absolute atomic E-state index is 0.0578. The number of hydrogen-bond donors (Lipinski definition) is 0. The third-order valence-electron chi connectivity index (χ3n) is 3.60. The molecule has 1 unspecified atom stereocenters. The molecule has 0 bridgehead atoms. The lowest BCUT2D eigenvalue weighted by molar-refractivity contribution is -0.386. The normalized spacial score (nSPS) is 12.5. The predicted molar refractivity (Wildman–Crippen MR) is 99.3 cm³/mol. The minimum Gasteiger partial charge on any atom is -0.492 e.